The van der Waals surface area contributed by atoms with Crippen LogP contribution < -0.4 is 10.1 Å². The molecule has 0 fully saturated rings. The summed E-state index contributed by atoms with van der Waals surface area (Å²) in [5.74, 6) is 1.03. The molecule has 2 heterocycles. The first-order chi connectivity index (χ1) is 13.7. The molecule has 0 radical (unpaired) electrons. The second-order valence-corrected chi connectivity index (χ2v) is 6.42. The first-order valence-electron chi connectivity index (χ1n) is 8.93. The number of hydrogen-bond acceptors (Lipinski definition) is 4. The van der Waals surface area contributed by atoms with Crippen molar-refractivity contribution in [1.29, 1.82) is 0 Å². The molecule has 0 aliphatic carbocycles. The highest BCUT2D eigenvalue weighted by Gasteiger charge is 2.10. The zero-order valence-corrected chi connectivity index (χ0v) is 15.4. The number of H-pyrrole nitrogens is 1. The number of benzene rings is 2. The summed E-state index contributed by atoms with van der Waals surface area (Å²) in [6, 6.07) is 15.7. The van der Waals surface area contributed by atoms with Crippen LogP contribution in [-0.2, 0) is 20.1 Å². The Morgan fingerprint density at radius 3 is 2.71 bits per heavy atom. The van der Waals surface area contributed by atoms with Crippen LogP contribution in [0.4, 0.5) is 4.39 Å². The second kappa shape index (κ2) is 8.06. The van der Waals surface area contributed by atoms with Crippen molar-refractivity contribution in [3.05, 3.63) is 83.9 Å². The molecular formula is C21H20FN5O. The summed E-state index contributed by atoms with van der Waals surface area (Å²) in [6.07, 6.45) is 3.59. The van der Waals surface area contributed by atoms with Gasteiger partial charge in [-0.15, -0.1) is 0 Å². The van der Waals surface area contributed by atoms with Gasteiger partial charge in [-0.1, -0.05) is 12.1 Å². The lowest BCUT2D eigenvalue weighted by Gasteiger charge is -2.09. The molecular weight excluding hydrogens is 357 g/mol. The molecule has 0 aliphatic rings. The fourth-order valence-corrected chi connectivity index (χ4v) is 2.99. The Labute approximate surface area is 162 Å². The van der Waals surface area contributed by atoms with Gasteiger partial charge in [0.25, 0.3) is 0 Å². The number of aryl methyl sites for hydroxylation is 1. The minimum atomic E-state index is -0.282. The molecule has 0 bridgehead atoms. The van der Waals surface area contributed by atoms with E-state index in [0.717, 1.165) is 22.5 Å². The third-order valence-electron chi connectivity index (χ3n) is 4.39. The number of aromatic amines is 1. The Morgan fingerprint density at radius 1 is 1.07 bits per heavy atom. The highest BCUT2D eigenvalue weighted by Crippen LogP contribution is 2.23. The van der Waals surface area contributed by atoms with E-state index in [1.165, 1.54) is 12.1 Å². The van der Waals surface area contributed by atoms with Crippen molar-refractivity contribution in [2.24, 2.45) is 7.05 Å². The van der Waals surface area contributed by atoms with Crippen LogP contribution in [0.5, 0.6) is 11.5 Å². The fraction of sp³-hybridized carbons (Fsp3) is 0.143. The van der Waals surface area contributed by atoms with Gasteiger partial charge in [-0.25, -0.2) is 4.39 Å². The molecule has 4 aromatic rings. The van der Waals surface area contributed by atoms with Crippen molar-refractivity contribution in [3.8, 4) is 22.9 Å². The lowest BCUT2D eigenvalue weighted by Crippen LogP contribution is -2.13. The van der Waals surface area contributed by atoms with Crippen LogP contribution in [0, 0.1) is 5.82 Å². The van der Waals surface area contributed by atoms with E-state index in [0.29, 0.717) is 24.6 Å². The molecule has 28 heavy (non-hydrogen) atoms. The Kier molecular flexibility index (Phi) is 5.16. The van der Waals surface area contributed by atoms with E-state index in [1.54, 1.807) is 18.3 Å². The van der Waals surface area contributed by atoms with Crippen LogP contribution >= 0.6 is 0 Å². The smallest absolute Gasteiger partial charge is 0.127 e. The van der Waals surface area contributed by atoms with Gasteiger partial charge in [-0.2, -0.15) is 10.2 Å². The number of hydrogen-bond donors (Lipinski definition) is 2. The van der Waals surface area contributed by atoms with E-state index in [2.05, 4.69) is 20.6 Å². The van der Waals surface area contributed by atoms with E-state index in [4.69, 9.17) is 4.74 Å². The summed E-state index contributed by atoms with van der Waals surface area (Å²) in [7, 11) is 1.90. The van der Waals surface area contributed by atoms with Gasteiger partial charge in [0.1, 0.15) is 17.3 Å². The average Bonchev–Trinajstić information content (AvgIpc) is 3.32. The Balaban J connectivity index is 1.38. The van der Waals surface area contributed by atoms with Gasteiger partial charge >= 0.3 is 0 Å². The molecule has 6 nitrogen and oxygen atoms in total. The largest absolute Gasteiger partial charge is 0.457 e. The molecule has 0 saturated carbocycles. The fourth-order valence-electron chi connectivity index (χ4n) is 2.99. The maximum Gasteiger partial charge on any atom is 0.127 e. The van der Waals surface area contributed by atoms with Gasteiger partial charge in [0, 0.05) is 31.9 Å². The molecule has 2 aromatic carbocycles. The summed E-state index contributed by atoms with van der Waals surface area (Å²) >= 11 is 0. The third kappa shape index (κ3) is 4.10. The highest BCUT2D eigenvalue weighted by molar-refractivity contribution is 5.58. The summed E-state index contributed by atoms with van der Waals surface area (Å²) in [5, 5.41) is 14.8. The maximum atomic E-state index is 13.0. The van der Waals surface area contributed by atoms with Crippen LogP contribution in [0.2, 0.25) is 0 Å². The highest BCUT2D eigenvalue weighted by atomic mass is 19.1. The van der Waals surface area contributed by atoms with Crippen molar-refractivity contribution in [2.75, 3.05) is 0 Å². The number of ether oxygens (including phenoxy) is 1. The summed E-state index contributed by atoms with van der Waals surface area (Å²) in [6.45, 7) is 1.34. The maximum absolute atomic E-state index is 13.0. The lowest BCUT2D eigenvalue weighted by molar-refractivity contribution is 0.479. The predicted molar refractivity (Wildman–Crippen MR) is 104 cm³/mol. The summed E-state index contributed by atoms with van der Waals surface area (Å²) in [5.41, 5.74) is 4.11. The lowest BCUT2D eigenvalue weighted by atomic mass is 10.1. The number of halogens is 1. The first kappa shape index (κ1) is 17.9. The number of aromatic nitrogens is 4. The van der Waals surface area contributed by atoms with Crippen LogP contribution in [0.15, 0.2) is 67.0 Å². The Hall–Kier alpha value is -3.45. The SMILES string of the molecule is Cn1nccc1-c1[nH]ncc1CNCc1cccc(Oc2ccc(F)cc2)c1. The van der Waals surface area contributed by atoms with E-state index in [9.17, 15) is 4.39 Å². The zero-order chi connectivity index (χ0) is 19.3. The van der Waals surface area contributed by atoms with Gasteiger partial charge in [0.2, 0.25) is 0 Å². The minimum absolute atomic E-state index is 0.282. The molecule has 4 rings (SSSR count). The molecule has 2 N–H and O–H groups in total. The summed E-state index contributed by atoms with van der Waals surface area (Å²) < 4.78 is 20.6. The quantitative estimate of drug-likeness (QED) is 0.510. The standard InChI is InChI=1S/C21H20FN5O/c1-27-20(9-10-25-27)21-16(14-24-26-21)13-23-12-15-3-2-4-19(11-15)28-18-7-5-17(22)6-8-18/h2-11,14,23H,12-13H2,1H3,(H,24,26). The van der Waals surface area contributed by atoms with E-state index < -0.39 is 0 Å². The van der Waals surface area contributed by atoms with Crippen molar-refractivity contribution in [3.63, 3.8) is 0 Å². The number of rotatable bonds is 7. The molecule has 2 aromatic heterocycles. The van der Waals surface area contributed by atoms with Crippen molar-refractivity contribution < 1.29 is 9.13 Å². The van der Waals surface area contributed by atoms with Crippen LogP contribution in [-0.4, -0.2) is 20.0 Å². The van der Waals surface area contributed by atoms with Crippen LogP contribution in [0.1, 0.15) is 11.1 Å². The molecule has 142 valence electrons. The predicted octanol–water partition coefficient (Wildman–Crippen LogP) is 4.03. The van der Waals surface area contributed by atoms with Gasteiger partial charge in [-0.05, 0) is 48.0 Å². The second-order valence-electron chi connectivity index (χ2n) is 6.42. The Bertz CT molecular complexity index is 1050. The van der Waals surface area contributed by atoms with Gasteiger partial charge in [-0.3, -0.25) is 9.78 Å². The Morgan fingerprint density at radius 2 is 1.93 bits per heavy atom. The normalized spacial score (nSPS) is 10.9. The monoisotopic (exact) mass is 377 g/mol. The minimum Gasteiger partial charge on any atom is -0.457 e. The molecule has 0 saturated heterocycles. The van der Waals surface area contributed by atoms with Gasteiger partial charge < -0.3 is 10.1 Å². The molecule has 0 unspecified atom stereocenters. The van der Waals surface area contributed by atoms with Crippen molar-refractivity contribution in [2.45, 2.75) is 13.1 Å². The first-order valence-corrected chi connectivity index (χ1v) is 8.93. The van der Waals surface area contributed by atoms with Crippen molar-refractivity contribution in [1.82, 2.24) is 25.3 Å². The van der Waals surface area contributed by atoms with E-state index >= 15 is 0 Å². The average molecular weight is 377 g/mol. The van der Waals surface area contributed by atoms with Crippen molar-refractivity contribution >= 4 is 0 Å². The summed E-state index contributed by atoms with van der Waals surface area (Å²) in [4.78, 5) is 0. The zero-order valence-electron chi connectivity index (χ0n) is 15.4. The topological polar surface area (TPSA) is 67.8 Å². The van der Waals surface area contributed by atoms with E-state index in [1.807, 2.05) is 48.3 Å². The number of nitrogens with zero attached hydrogens (tertiary/aromatic N) is 3. The molecule has 0 atom stereocenters. The third-order valence-corrected chi connectivity index (χ3v) is 4.39. The molecule has 0 spiro atoms. The van der Waals surface area contributed by atoms with Crippen LogP contribution in [0.25, 0.3) is 11.4 Å². The molecule has 0 aliphatic heterocycles. The van der Waals surface area contributed by atoms with Gasteiger partial charge in [0.05, 0.1) is 17.6 Å². The molecule has 7 heteroatoms. The van der Waals surface area contributed by atoms with Crippen LogP contribution in [0.3, 0.4) is 0 Å². The number of nitrogens with one attached hydrogen (secondary N) is 2. The molecule has 0 amide bonds. The van der Waals surface area contributed by atoms with Gasteiger partial charge in [0.15, 0.2) is 0 Å². The van der Waals surface area contributed by atoms with E-state index in [-0.39, 0.29) is 5.82 Å².